The van der Waals surface area contributed by atoms with Gasteiger partial charge in [0.2, 0.25) is 5.91 Å². The lowest BCUT2D eigenvalue weighted by atomic mass is 9.85. The Morgan fingerprint density at radius 1 is 1.11 bits per heavy atom. The summed E-state index contributed by atoms with van der Waals surface area (Å²) in [6.45, 7) is 12.0. The van der Waals surface area contributed by atoms with Crippen molar-refractivity contribution < 1.29 is 19.0 Å². The van der Waals surface area contributed by atoms with Crippen molar-refractivity contribution in [2.24, 2.45) is 5.41 Å². The van der Waals surface area contributed by atoms with Crippen molar-refractivity contribution in [1.82, 2.24) is 9.80 Å². The van der Waals surface area contributed by atoms with Crippen molar-refractivity contribution in [1.29, 1.82) is 0 Å². The van der Waals surface area contributed by atoms with Gasteiger partial charge in [-0.25, -0.2) is 0 Å². The molecule has 0 aliphatic carbocycles. The highest BCUT2D eigenvalue weighted by Crippen LogP contribution is 2.42. The number of benzene rings is 1. The summed E-state index contributed by atoms with van der Waals surface area (Å²) >= 11 is 0. The van der Waals surface area contributed by atoms with Crippen LogP contribution in [0.2, 0.25) is 0 Å². The van der Waals surface area contributed by atoms with Crippen LogP contribution < -0.4 is 9.47 Å². The number of likely N-dealkylation sites (tertiary alicyclic amines) is 2. The lowest BCUT2D eigenvalue weighted by Crippen LogP contribution is -2.38. The number of carbonyl (C=O) groups is 1. The Balaban J connectivity index is 1.70. The molecule has 3 rings (SSSR count). The first-order valence-electron chi connectivity index (χ1n) is 10.4. The van der Waals surface area contributed by atoms with Crippen molar-refractivity contribution >= 4 is 5.91 Å². The molecular formula is C22H34N2O4. The first-order valence-corrected chi connectivity index (χ1v) is 10.4. The molecular weight excluding hydrogens is 356 g/mol. The van der Waals surface area contributed by atoms with Gasteiger partial charge in [0, 0.05) is 44.4 Å². The summed E-state index contributed by atoms with van der Waals surface area (Å²) in [5.74, 6) is 2.11. The third-order valence-corrected chi connectivity index (χ3v) is 6.02. The minimum absolute atomic E-state index is 0.209. The molecule has 0 saturated carbocycles. The molecule has 1 atom stereocenters. The number of hydrogen-bond acceptors (Lipinski definition) is 5. The second kappa shape index (κ2) is 9.14. The van der Waals surface area contributed by atoms with E-state index in [-0.39, 0.29) is 5.41 Å². The van der Waals surface area contributed by atoms with Gasteiger partial charge >= 0.3 is 0 Å². The Morgan fingerprint density at radius 2 is 1.86 bits per heavy atom. The van der Waals surface area contributed by atoms with Gasteiger partial charge < -0.3 is 19.1 Å². The molecule has 6 nitrogen and oxygen atoms in total. The zero-order valence-electron chi connectivity index (χ0n) is 17.8. The van der Waals surface area contributed by atoms with Gasteiger partial charge in [-0.1, -0.05) is 6.07 Å². The van der Waals surface area contributed by atoms with E-state index in [0.29, 0.717) is 32.3 Å². The summed E-state index contributed by atoms with van der Waals surface area (Å²) in [4.78, 5) is 17.3. The molecule has 1 aromatic carbocycles. The van der Waals surface area contributed by atoms with Gasteiger partial charge in [-0.05, 0) is 46.2 Å². The summed E-state index contributed by atoms with van der Waals surface area (Å²) in [6.07, 6.45) is 1.89. The molecule has 0 bridgehead atoms. The maximum Gasteiger partial charge on any atom is 0.230 e. The zero-order chi connectivity index (χ0) is 20.1. The maximum absolute atomic E-state index is 13.0. The third-order valence-electron chi connectivity index (χ3n) is 6.02. The summed E-state index contributed by atoms with van der Waals surface area (Å²) in [5.41, 5.74) is 2.01. The van der Waals surface area contributed by atoms with E-state index in [9.17, 15) is 4.79 Å². The molecule has 0 N–H and O–H groups in total. The monoisotopic (exact) mass is 390 g/mol. The van der Waals surface area contributed by atoms with Crippen molar-refractivity contribution in [3.8, 4) is 11.5 Å². The van der Waals surface area contributed by atoms with Gasteiger partial charge in [-0.15, -0.1) is 0 Å². The second-order valence-electron chi connectivity index (χ2n) is 7.82. The topological polar surface area (TPSA) is 51.2 Å². The van der Waals surface area contributed by atoms with Crippen LogP contribution in [0.15, 0.2) is 12.1 Å². The molecule has 1 amide bonds. The molecule has 2 fully saturated rings. The SMILES string of the molecule is CCOc1ccc(CN2CCC3(CCN(CCOC)C3=O)C2)c(OCC)c1C. The van der Waals surface area contributed by atoms with Gasteiger partial charge in [0.1, 0.15) is 11.5 Å². The predicted molar refractivity (Wildman–Crippen MR) is 109 cm³/mol. The average Bonchev–Trinajstić information content (AvgIpc) is 3.23. The van der Waals surface area contributed by atoms with E-state index in [1.807, 2.05) is 24.8 Å². The Kier molecular flexibility index (Phi) is 6.83. The van der Waals surface area contributed by atoms with Crippen molar-refractivity contribution in [3.05, 3.63) is 23.3 Å². The molecule has 1 unspecified atom stereocenters. The van der Waals surface area contributed by atoms with E-state index in [0.717, 1.165) is 56.1 Å². The summed E-state index contributed by atoms with van der Waals surface area (Å²) in [7, 11) is 1.68. The van der Waals surface area contributed by atoms with Crippen LogP contribution in [0.1, 0.15) is 37.8 Å². The van der Waals surface area contributed by atoms with E-state index < -0.39 is 0 Å². The summed E-state index contributed by atoms with van der Waals surface area (Å²) < 4.78 is 16.8. The first kappa shape index (κ1) is 20.9. The summed E-state index contributed by atoms with van der Waals surface area (Å²) in [6, 6.07) is 4.14. The van der Waals surface area contributed by atoms with Crippen LogP contribution in [-0.4, -0.2) is 68.8 Å². The number of amides is 1. The molecule has 2 aliphatic rings. The quantitative estimate of drug-likeness (QED) is 0.649. The van der Waals surface area contributed by atoms with E-state index >= 15 is 0 Å². The molecule has 28 heavy (non-hydrogen) atoms. The maximum atomic E-state index is 13.0. The van der Waals surface area contributed by atoms with Crippen LogP contribution in [0.25, 0.3) is 0 Å². The van der Waals surface area contributed by atoms with Gasteiger partial charge in [-0.2, -0.15) is 0 Å². The van der Waals surface area contributed by atoms with E-state index in [4.69, 9.17) is 14.2 Å². The molecule has 2 saturated heterocycles. The van der Waals surface area contributed by atoms with Gasteiger partial charge in [0.05, 0.1) is 25.2 Å². The van der Waals surface area contributed by atoms with Crippen LogP contribution in [0.5, 0.6) is 11.5 Å². The molecule has 156 valence electrons. The lowest BCUT2D eigenvalue weighted by Gasteiger charge is -2.24. The van der Waals surface area contributed by atoms with Crippen LogP contribution in [0.3, 0.4) is 0 Å². The van der Waals surface area contributed by atoms with Crippen LogP contribution >= 0.6 is 0 Å². The van der Waals surface area contributed by atoms with Crippen LogP contribution in [0.4, 0.5) is 0 Å². The fraction of sp³-hybridized carbons (Fsp3) is 0.682. The second-order valence-corrected chi connectivity index (χ2v) is 7.82. The number of methoxy groups -OCH3 is 1. The highest BCUT2D eigenvalue weighted by molar-refractivity contribution is 5.85. The van der Waals surface area contributed by atoms with Crippen LogP contribution in [0, 0.1) is 12.3 Å². The third kappa shape index (κ3) is 4.13. The lowest BCUT2D eigenvalue weighted by molar-refractivity contribution is -0.136. The van der Waals surface area contributed by atoms with Crippen molar-refractivity contribution in [3.63, 3.8) is 0 Å². The molecule has 6 heteroatoms. The molecule has 0 aromatic heterocycles. The standard InChI is InChI=1S/C22H34N2O4/c1-5-27-19-8-7-18(20(17(19)3)28-6-2)15-23-11-9-22(16-23)10-12-24(21(22)25)13-14-26-4/h7-8H,5-6,9-16H2,1-4H3. The minimum atomic E-state index is -0.209. The van der Waals surface area contributed by atoms with Crippen molar-refractivity contribution in [2.45, 2.75) is 40.2 Å². The van der Waals surface area contributed by atoms with Gasteiger partial charge in [0.15, 0.2) is 0 Å². The fourth-order valence-electron chi connectivity index (χ4n) is 4.53. The average molecular weight is 391 g/mol. The van der Waals surface area contributed by atoms with E-state index in [1.165, 1.54) is 5.56 Å². The number of ether oxygens (including phenoxy) is 3. The number of nitrogens with zero attached hydrogens (tertiary/aromatic N) is 2. The highest BCUT2D eigenvalue weighted by Gasteiger charge is 2.50. The number of rotatable bonds is 9. The molecule has 2 aliphatic heterocycles. The van der Waals surface area contributed by atoms with Gasteiger partial charge in [-0.3, -0.25) is 9.69 Å². The first-order chi connectivity index (χ1) is 13.5. The van der Waals surface area contributed by atoms with E-state index in [2.05, 4.69) is 17.9 Å². The molecule has 1 spiro atoms. The minimum Gasteiger partial charge on any atom is -0.493 e. The number of hydrogen-bond donors (Lipinski definition) is 0. The molecule has 2 heterocycles. The molecule has 1 aromatic rings. The molecule has 0 radical (unpaired) electrons. The van der Waals surface area contributed by atoms with Crippen LogP contribution in [-0.2, 0) is 16.1 Å². The van der Waals surface area contributed by atoms with E-state index in [1.54, 1.807) is 7.11 Å². The fourth-order valence-corrected chi connectivity index (χ4v) is 4.53. The summed E-state index contributed by atoms with van der Waals surface area (Å²) in [5, 5.41) is 0. The Labute approximate surface area is 168 Å². The zero-order valence-corrected chi connectivity index (χ0v) is 17.8. The largest absolute Gasteiger partial charge is 0.493 e. The normalized spacial score (nSPS) is 22.4. The predicted octanol–water partition coefficient (Wildman–Crippen LogP) is 2.86. The van der Waals surface area contributed by atoms with Gasteiger partial charge in [0.25, 0.3) is 0 Å². The van der Waals surface area contributed by atoms with Crippen molar-refractivity contribution in [2.75, 3.05) is 53.1 Å². The smallest absolute Gasteiger partial charge is 0.230 e. The number of carbonyl (C=O) groups excluding carboxylic acids is 1. The Morgan fingerprint density at radius 3 is 2.57 bits per heavy atom. The Hall–Kier alpha value is -1.79. The Bertz CT molecular complexity index is 693. The highest BCUT2D eigenvalue weighted by atomic mass is 16.5.